The van der Waals surface area contributed by atoms with Gasteiger partial charge >= 0.3 is 0 Å². The number of aliphatic hydroxyl groups is 4. The molecule has 0 aromatic rings. The zero-order valence-electron chi connectivity index (χ0n) is 18.2. The molecule has 1 aliphatic heterocycles. The molecule has 5 heteroatoms. The minimum absolute atomic E-state index is 0.303. The van der Waals surface area contributed by atoms with E-state index in [1.165, 1.54) is 63.5 Å². The summed E-state index contributed by atoms with van der Waals surface area (Å²) in [5.74, 6) is 0.967. The average molecular weight is 419 g/mol. The fourth-order valence-electron chi connectivity index (χ4n) is 4.61. The van der Waals surface area contributed by atoms with Crippen molar-refractivity contribution in [3.63, 3.8) is 0 Å². The molecule has 0 bridgehead atoms. The summed E-state index contributed by atoms with van der Waals surface area (Å²) in [5, 5.41) is 40.0. The minimum Gasteiger partial charge on any atom is -0.509 e. The lowest BCUT2D eigenvalue weighted by atomic mass is 9.84. The van der Waals surface area contributed by atoms with Crippen LogP contribution in [-0.2, 0) is 4.74 Å². The Morgan fingerprint density at radius 1 is 0.967 bits per heavy atom. The molecule has 3 aliphatic rings. The number of unbranched alkanes of at least 4 members (excludes halogenated alkanes) is 7. The molecule has 5 atom stereocenters. The van der Waals surface area contributed by atoms with E-state index in [1.807, 2.05) is 0 Å². The van der Waals surface area contributed by atoms with E-state index >= 15 is 0 Å². The summed E-state index contributed by atoms with van der Waals surface area (Å²) >= 11 is 0. The Labute approximate surface area is 180 Å². The predicted molar refractivity (Wildman–Crippen MR) is 118 cm³/mol. The third-order valence-corrected chi connectivity index (χ3v) is 6.46. The van der Waals surface area contributed by atoms with Crippen LogP contribution in [0.5, 0.6) is 0 Å². The number of fused-ring (bicyclic) bond motifs is 1. The number of hydrogen-bond donors (Lipinski definition) is 4. The highest BCUT2D eigenvalue weighted by atomic mass is 16.5. The van der Waals surface area contributed by atoms with Gasteiger partial charge in [-0.25, -0.2) is 0 Å². The highest BCUT2D eigenvalue weighted by Gasteiger charge is 2.36. The summed E-state index contributed by atoms with van der Waals surface area (Å²) in [6.45, 7) is 2.25. The molecule has 1 heterocycles. The molecule has 168 valence electrons. The van der Waals surface area contributed by atoms with E-state index in [1.54, 1.807) is 0 Å². The Hall–Kier alpha value is -1.56. The second-order valence-electron chi connectivity index (χ2n) is 9.00. The second-order valence-corrected chi connectivity index (χ2v) is 9.00. The van der Waals surface area contributed by atoms with Crippen LogP contribution in [-0.4, -0.2) is 44.8 Å². The molecular weight excluding hydrogens is 380 g/mol. The van der Waals surface area contributed by atoms with Gasteiger partial charge in [-0.3, -0.25) is 0 Å². The van der Waals surface area contributed by atoms with Crippen LogP contribution >= 0.6 is 0 Å². The molecule has 5 unspecified atom stereocenters. The molecule has 1 saturated heterocycles. The topological polar surface area (TPSA) is 90.2 Å². The maximum Gasteiger partial charge on any atom is 0.150 e. The lowest BCUT2D eigenvalue weighted by Gasteiger charge is -2.36. The summed E-state index contributed by atoms with van der Waals surface area (Å²) in [4.78, 5) is 0. The molecule has 0 saturated carbocycles. The van der Waals surface area contributed by atoms with Gasteiger partial charge < -0.3 is 25.2 Å². The molecule has 30 heavy (non-hydrogen) atoms. The summed E-state index contributed by atoms with van der Waals surface area (Å²) in [7, 11) is 0. The van der Waals surface area contributed by atoms with Crippen molar-refractivity contribution in [1.82, 2.24) is 0 Å². The van der Waals surface area contributed by atoms with Gasteiger partial charge in [-0.1, -0.05) is 64.4 Å². The zero-order chi connectivity index (χ0) is 21.5. The van der Waals surface area contributed by atoms with Gasteiger partial charge in [-0.15, -0.1) is 0 Å². The van der Waals surface area contributed by atoms with Crippen LogP contribution in [0, 0.1) is 5.92 Å². The van der Waals surface area contributed by atoms with Crippen LogP contribution in [0.25, 0.3) is 0 Å². The van der Waals surface area contributed by atoms with Gasteiger partial charge in [0.25, 0.3) is 0 Å². The van der Waals surface area contributed by atoms with E-state index in [-0.39, 0.29) is 5.76 Å². The van der Waals surface area contributed by atoms with Crippen molar-refractivity contribution in [3.8, 4) is 0 Å². The molecule has 0 aromatic carbocycles. The molecule has 4 N–H and O–H groups in total. The largest absolute Gasteiger partial charge is 0.509 e. The van der Waals surface area contributed by atoms with Gasteiger partial charge in [0.15, 0.2) is 0 Å². The number of rotatable bonds is 10. The van der Waals surface area contributed by atoms with E-state index in [0.29, 0.717) is 17.9 Å². The quantitative estimate of drug-likeness (QED) is 0.389. The maximum atomic E-state index is 10.6. The van der Waals surface area contributed by atoms with Crippen LogP contribution in [0.2, 0.25) is 0 Å². The van der Waals surface area contributed by atoms with E-state index in [4.69, 9.17) is 4.74 Å². The highest BCUT2D eigenvalue weighted by Crippen LogP contribution is 2.38. The molecule has 1 fully saturated rings. The Kier molecular flexibility index (Phi) is 8.61. The molecule has 0 amide bonds. The number of hydrogen-bond acceptors (Lipinski definition) is 5. The van der Waals surface area contributed by atoms with Crippen molar-refractivity contribution < 1.29 is 25.2 Å². The molecule has 5 nitrogen and oxygen atoms in total. The Morgan fingerprint density at radius 3 is 2.37 bits per heavy atom. The summed E-state index contributed by atoms with van der Waals surface area (Å²) in [6, 6.07) is 0. The molecule has 2 aliphatic carbocycles. The van der Waals surface area contributed by atoms with Crippen LogP contribution in [0.15, 0.2) is 47.0 Å². The lowest BCUT2D eigenvalue weighted by Crippen LogP contribution is -2.39. The first-order valence-corrected chi connectivity index (χ1v) is 11.7. The van der Waals surface area contributed by atoms with Gasteiger partial charge in [0.05, 0.1) is 6.10 Å². The Balaban J connectivity index is 1.50. The highest BCUT2D eigenvalue weighted by molar-refractivity contribution is 5.39. The first-order valence-electron chi connectivity index (χ1n) is 11.7. The number of ether oxygens (including phenoxy) is 1. The van der Waals surface area contributed by atoms with Crippen molar-refractivity contribution in [2.24, 2.45) is 5.92 Å². The monoisotopic (exact) mass is 418 g/mol. The zero-order valence-corrected chi connectivity index (χ0v) is 18.2. The molecule has 0 spiro atoms. The minimum atomic E-state index is -1.32. The van der Waals surface area contributed by atoms with Gasteiger partial charge in [-0.2, -0.15) is 0 Å². The van der Waals surface area contributed by atoms with Crippen molar-refractivity contribution in [2.75, 3.05) is 0 Å². The van der Waals surface area contributed by atoms with E-state index in [0.717, 1.165) is 24.2 Å². The third-order valence-electron chi connectivity index (χ3n) is 6.46. The van der Waals surface area contributed by atoms with E-state index in [9.17, 15) is 20.4 Å². The first-order chi connectivity index (χ1) is 14.5. The average Bonchev–Trinajstić information content (AvgIpc) is 2.73. The first kappa shape index (κ1) is 23.1. The van der Waals surface area contributed by atoms with Crippen molar-refractivity contribution in [2.45, 2.75) is 102 Å². The van der Waals surface area contributed by atoms with Gasteiger partial charge in [-0.05, 0) is 48.1 Å². The van der Waals surface area contributed by atoms with Crippen molar-refractivity contribution in [3.05, 3.63) is 47.0 Å². The predicted octanol–water partition coefficient (Wildman–Crippen LogP) is 4.60. The van der Waals surface area contributed by atoms with Gasteiger partial charge in [0.2, 0.25) is 0 Å². The van der Waals surface area contributed by atoms with Crippen LogP contribution in [0.4, 0.5) is 0 Å². The molecular formula is C25H38O5. The Morgan fingerprint density at radius 2 is 1.67 bits per heavy atom. The fourth-order valence-corrected chi connectivity index (χ4v) is 4.61. The number of allylic oxidation sites excluding steroid dienone is 3. The van der Waals surface area contributed by atoms with Crippen LogP contribution in [0.1, 0.15) is 77.6 Å². The maximum absolute atomic E-state index is 10.6. The molecule has 0 aromatic heterocycles. The fraction of sp³-hybridized carbons (Fsp3) is 0.680. The summed E-state index contributed by atoms with van der Waals surface area (Å²) < 4.78 is 6.11. The third kappa shape index (κ3) is 5.99. The second kappa shape index (κ2) is 11.2. The normalized spacial score (nSPS) is 31.1. The number of aliphatic hydroxyl groups excluding tert-OH is 4. The van der Waals surface area contributed by atoms with E-state index < -0.39 is 24.4 Å². The lowest BCUT2D eigenvalue weighted by molar-refractivity contribution is -0.00380. The molecule has 0 radical (unpaired) electrons. The van der Waals surface area contributed by atoms with Crippen molar-refractivity contribution >= 4 is 0 Å². The van der Waals surface area contributed by atoms with Gasteiger partial charge in [0, 0.05) is 6.42 Å². The van der Waals surface area contributed by atoms with Crippen LogP contribution in [0.3, 0.4) is 0 Å². The summed E-state index contributed by atoms with van der Waals surface area (Å²) in [6.07, 6.45) is 16.4. The summed E-state index contributed by atoms with van der Waals surface area (Å²) in [5.41, 5.74) is 1.54. The smallest absolute Gasteiger partial charge is 0.150 e. The SMILES string of the molecule is CCCCCCCCCCC1C=C2OC(C3=CC(O)C(O)C(O)=C3)C(O)CC2=CC1. The van der Waals surface area contributed by atoms with Crippen LogP contribution < -0.4 is 0 Å². The van der Waals surface area contributed by atoms with Crippen molar-refractivity contribution in [1.29, 1.82) is 0 Å². The molecule has 3 rings (SSSR count). The standard InChI is InChI=1S/C25H38O5/c1-2-3-4-5-6-7-8-9-10-17-11-12-18-14-22(28)25(30-23(18)13-17)19-15-20(26)24(29)21(27)16-19/h12-13,15-17,20,22,24-29H,2-11,14H2,1H3. The van der Waals surface area contributed by atoms with Gasteiger partial charge in [0.1, 0.15) is 29.8 Å². The Bertz CT molecular complexity index is 690. The van der Waals surface area contributed by atoms with E-state index in [2.05, 4.69) is 19.1 Å².